The summed E-state index contributed by atoms with van der Waals surface area (Å²) in [5.41, 5.74) is 1.99. The third kappa shape index (κ3) is 4.81. The number of nitrogens with zero attached hydrogens (tertiary/aromatic N) is 1. The highest BCUT2D eigenvalue weighted by Crippen LogP contribution is 2.31. The zero-order valence-electron chi connectivity index (χ0n) is 16.3. The third-order valence-electron chi connectivity index (χ3n) is 4.67. The monoisotopic (exact) mass is 473 g/mol. The Kier molecular flexibility index (Phi) is 6.41. The standard InChI is InChI=1S/C22H17ClFN3O2S2/c1-12(15-4-2-3-5-17(15)23)25-18(28)11-31-22-26-20(29)19-16(10-30-21(19)27-22)13-6-8-14(24)9-7-13/h2-10,12H,11H2,1H3,(H,25,28)(H,26,27,29). The molecule has 158 valence electrons. The highest BCUT2D eigenvalue weighted by atomic mass is 35.5. The summed E-state index contributed by atoms with van der Waals surface area (Å²) in [6.45, 7) is 1.86. The highest BCUT2D eigenvalue weighted by molar-refractivity contribution is 7.99. The molecule has 0 saturated carbocycles. The van der Waals surface area contributed by atoms with Crippen LogP contribution in [-0.2, 0) is 4.79 Å². The summed E-state index contributed by atoms with van der Waals surface area (Å²) in [6, 6.07) is 13.1. The Morgan fingerprint density at radius 2 is 2.00 bits per heavy atom. The van der Waals surface area contributed by atoms with Crippen molar-refractivity contribution in [2.45, 2.75) is 18.1 Å². The van der Waals surface area contributed by atoms with Gasteiger partial charge in [-0.15, -0.1) is 11.3 Å². The lowest BCUT2D eigenvalue weighted by atomic mass is 10.1. The normalized spacial score (nSPS) is 12.1. The molecule has 1 atom stereocenters. The number of fused-ring (bicyclic) bond motifs is 1. The maximum Gasteiger partial charge on any atom is 0.260 e. The number of aromatic amines is 1. The molecule has 1 unspecified atom stereocenters. The minimum Gasteiger partial charge on any atom is -0.349 e. The summed E-state index contributed by atoms with van der Waals surface area (Å²) in [5.74, 6) is -0.436. The fourth-order valence-electron chi connectivity index (χ4n) is 3.16. The van der Waals surface area contributed by atoms with Crippen molar-refractivity contribution in [2.24, 2.45) is 0 Å². The van der Waals surface area contributed by atoms with Crippen LogP contribution in [0.25, 0.3) is 21.3 Å². The molecule has 4 rings (SSSR count). The number of carbonyl (C=O) groups is 1. The van der Waals surface area contributed by atoms with Crippen molar-refractivity contribution in [1.29, 1.82) is 0 Å². The molecule has 0 radical (unpaired) electrons. The molecule has 0 spiro atoms. The number of halogens is 2. The number of hydrogen-bond acceptors (Lipinski definition) is 5. The van der Waals surface area contributed by atoms with Gasteiger partial charge in [0.15, 0.2) is 5.16 Å². The minimum atomic E-state index is -0.337. The predicted octanol–water partition coefficient (Wildman–Crippen LogP) is 5.41. The molecule has 2 N–H and O–H groups in total. The zero-order chi connectivity index (χ0) is 22.0. The van der Waals surface area contributed by atoms with Crippen LogP contribution in [0, 0.1) is 5.82 Å². The summed E-state index contributed by atoms with van der Waals surface area (Å²) in [5, 5.41) is 6.14. The van der Waals surface area contributed by atoms with Gasteiger partial charge in [0, 0.05) is 16.0 Å². The lowest BCUT2D eigenvalue weighted by Gasteiger charge is -2.15. The van der Waals surface area contributed by atoms with Gasteiger partial charge in [0.05, 0.1) is 17.2 Å². The first-order chi connectivity index (χ1) is 14.9. The number of hydrogen-bond donors (Lipinski definition) is 2. The molecule has 0 saturated heterocycles. The number of nitrogens with one attached hydrogen (secondary N) is 2. The van der Waals surface area contributed by atoms with E-state index in [0.29, 0.717) is 26.0 Å². The first-order valence-electron chi connectivity index (χ1n) is 9.36. The Morgan fingerprint density at radius 3 is 2.74 bits per heavy atom. The maximum absolute atomic E-state index is 13.2. The molecule has 2 heterocycles. The predicted molar refractivity (Wildman–Crippen MR) is 124 cm³/mol. The van der Waals surface area contributed by atoms with Gasteiger partial charge in [-0.2, -0.15) is 0 Å². The van der Waals surface area contributed by atoms with Gasteiger partial charge in [-0.1, -0.05) is 53.7 Å². The van der Waals surface area contributed by atoms with E-state index in [1.54, 1.807) is 18.2 Å². The number of thioether (sulfide) groups is 1. The first-order valence-corrected chi connectivity index (χ1v) is 11.6. The fourth-order valence-corrected chi connectivity index (χ4v) is 5.14. The molecular weight excluding hydrogens is 457 g/mol. The van der Waals surface area contributed by atoms with Crippen molar-refractivity contribution in [3.8, 4) is 11.1 Å². The van der Waals surface area contributed by atoms with Crippen molar-refractivity contribution in [3.63, 3.8) is 0 Å². The Hall–Kier alpha value is -2.68. The molecule has 0 aliphatic rings. The van der Waals surface area contributed by atoms with E-state index in [2.05, 4.69) is 15.3 Å². The molecule has 31 heavy (non-hydrogen) atoms. The minimum absolute atomic E-state index is 0.0967. The van der Waals surface area contributed by atoms with Crippen molar-refractivity contribution in [3.05, 3.63) is 80.7 Å². The molecule has 9 heteroatoms. The summed E-state index contributed by atoms with van der Waals surface area (Å²) < 4.78 is 13.2. The van der Waals surface area contributed by atoms with E-state index in [0.717, 1.165) is 22.9 Å². The number of benzene rings is 2. The molecule has 0 aliphatic heterocycles. The maximum atomic E-state index is 13.2. The van der Waals surface area contributed by atoms with Crippen LogP contribution in [0.15, 0.2) is 63.9 Å². The first kappa shape index (κ1) is 21.5. The van der Waals surface area contributed by atoms with E-state index in [-0.39, 0.29) is 29.1 Å². The van der Waals surface area contributed by atoms with Crippen LogP contribution in [0.2, 0.25) is 5.02 Å². The number of aromatic nitrogens is 2. The van der Waals surface area contributed by atoms with Gasteiger partial charge in [0.1, 0.15) is 10.6 Å². The SMILES string of the molecule is CC(NC(=O)CSc1nc2scc(-c3ccc(F)cc3)c2c(=O)[nH]1)c1ccccc1Cl. The highest BCUT2D eigenvalue weighted by Gasteiger charge is 2.16. The Bertz CT molecular complexity index is 1300. The summed E-state index contributed by atoms with van der Waals surface area (Å²) in [7, 11) is 0. The van der Waals surface area contributed by atoms with Gasteiger partial charge >= 0.3 is 0 Å². The average molecular weight is 474 g/mol. The van der Waals surface area contributed by atoms with Crippen molar-refractivity contribution < 1.29 is 9.18 Å². The van der Waals surface area contributed by atoms with Crippen molar-refractivity contribution in [2.75, 3.05) is 5.75 Å². The molecule has 2 aromatic heterocycles. The lowest BCUT2D eigenvalue weighted by molar-refractivity contribution is -0.119. The third-order valence-corrected chi connectivity index (χ3v) is 6.76. The molecule has 0 aliphatic carbocycles. The van der Waals surface area contributed by atoms with Gasteiger partial charge in [-0.3, -0.25) is 9.59 Å². The Morgan fingerprint density at radius 1 is 1.26 bits per heavy atom. The van der Waals surface area contributed by atoms with Crippen LogP contribution < -0.4 is 10.9 Å². The summed E-state index contributed by atoms with van der Waals surface area (Å²) >= 11 is 8.66. The van der Waals surface area contributed by atoms with Gasteiger partial charge < -0.3 is 10.3 Å². The number of thiophene rings is 1. The number of rotatable bonds is 6. The van der Waals surface area contributed by atoms with Crippen LogP contribution in [0.5, 0.6) is 0 Å². The number of H-pyrrole nitrogens is 1. The van der Waals surface area contributed by atoms with Gasteiger partial charge in [-0.25, -0.2) is 9.37 Å². The second-order valence-corrected chi connectivity index (χ2v) is 9.04. The van der Waals surface area contributed by atoms with Gasteiger partial charge in [0.2, 0.25) is 5.91 Å². The van der Waals surface area contributed by atoms with E-state index < -0.39 is 0 Å². The van der Waals surface area contributed by atoms with E-state index in [9.17, 15) is 14.0 Å². The quantitative estimate of drug-likeness (QED) is 0.290. The lowest BCUT2D eigenvalue weighted by Crippen LogP contribution is -2.28. The van der Waals surface area contributed by atoms with Crippen molar-refractivity contribution in [1.82, 2.24) is 15.3 Å². The topological polar surface area (TPSA) is 74.8 Å². The fraction of sp³-hybridized carbons (Fsp3) is 0.136. The van der Waals surface area contributed by atoms with Crippen LogP contribution in [0.1, 0.15) is 18.5 Å². The second-order valence-electron chi connectivity index (χ2n) is 6.81. The second kappa shape index (κ2) is 9.21. The number of amides is 1. The van der Waals surface area contributed by atoms with Gasteiger partial charge in [0.25, 0.3) is 5.56 Å². The molecular formula is C22H17ClFN3O2S2. The summed E-state index contributed by atoms with van der Waals surface area (Å²) in [6.07, 6.45) is 0. The van der Waals surface area contributed by atoms with Crippen LogP contribution in [-0.4, -0.2) is 21.6 Å². The van der Waals surface area contributed by atoms with E-state index in [4.69, 9.17) is 11.6 Å². The van der Waals surface area contributed by atoms with Crippen molar-refractivity contribution >= 4 is 50.8 Å². The van der Waals surface area contributed by atoms with E-state index in [1.807, 2.05) is 30.5 Å². The Balaban J connectivity index is 1.47. The van der Waals surface area contributed by atoms with Crippen LogP contribution >= 0.6 is 34.7 Å². The molecule has 5 nitrogen and oxygen atoms in total. The largest absolute Gasteiger partial charge is 0.349 e. The molecule has 2 aromatic carbocycles. The molecule has 0 bridgehead atoms. The summed E-state index contributed by atoms with van der Waals surface area (Å²) in [4.78, 5) is 32.8. The van der Waals surface area contributed by atoms with Crippen LogP contribution in [0.4, 0.5) is 4.39 Å². The Labute approximate surface area is 190 Å². The van der Waals surface area contributed by atoms with Gasteiger partial charge in [-0.05, 0) is 36.2 Å². The van der Waals surface area contributed by atoms with E-state index >= 15 is 0 Å². The average Bonchev–Trinajstić information content (AvgIpc) is 3.18. The van der Waals surface area contributed by atoms with Crippen LogP contribution in [0.3, 0.4) is 0 Å². The molecule has 1 amide bonds. The molecule has 4 aromatic rings. The zero-order valence-corrected chi connectivity index (χ0v) is 18.7. The number of carbonyl (C=O) groups excluding carboxylic acids is 1. The molecule has 0 fully saturated rings. The smallest absolute Gasteiger partial charge is 0.260 e. The van der Waals surface area contributed by atoms with E-state index in [1.165, 1.54) is 23.5 Å².